The largest absolute Gasteiger partial charge is 0.416 e. The first kappa shape index (κ1) is 32.9. The predicted molar refractivity (Wildman–Crippen MR) is 177 cm³/mol. The normalized spacial score (nSPS) is 18.3. The molecule has 7 rings (SSSR count). The minimum absolute atomic E-state index is 0.135. The summed E-state index contributed by atoms with van der Waals surface area (Å²) in [5.74, 6) is -0.563. The molecule has 0 heterocycles. The molecular formula is C41H20F6N4. The molecule has 51 heavy (non-hydrogen) atoms. The minimum Gasteiger partial charge on any atom is -0.192 e. The van der Waals surface area contributed by atoms with E-state index >= 15 is 0 Å². The number of hydrogen-bond acceptors (Lipinski definition) is 4. The highest BCUT2D eigenvalue weighted by Crippen LogP contribution is 2.59. The molecule has 0 aliphatic heterocycles. The maximum atomic E-state index is 13.3. The van der Waals surface area contributed by atoms with Crippen molar-refractivity contribution in [2.75, 3.05) is 0 Å². The van der Waals surface area contributed by atoms with E-state index in [0.717, 1.165) is 24.3 Å². The summed E-state index contributed by atoms with van der Waals surface area (Å²) in [5.41, 5.74) is 3.93. The maximum absolute atomic E-state index is 13.3. The monoisotopic (exact) mass is 682 g/mol. The molecule has 246 valence electrons. The number of nitrogens with zero attached hydrogens (tertiary/aromatic N) is 4. The van der Waals surface area contributed by atoms with Gasteiger partial charge < -0.3 is 0 Å². The van der Waals surface area contributed by atoms with Crippen LogP contribution in [-0.2, 0) is 17.8 Å². The number of rotatable bonds is 2. The molecule has 0 saturated heterocycles. The molecule has 4 aromatic rings. The molecule has 0 N–H and O–H groups in total. The molecule has 0 spiro atoms. The van der Waals surface area contributed by atoms with Crippen molar-refractivity contribution in [3.63, 3.8) is 0 Å². The number of allylic oxidation sites excluding steroid dienone is 7. The smallest absolute Gasteiger partial charge is 0.192 e. The van der Waals surface area contributed by atoms with Crippen LogP contribution in [-0.4, -0.2) is 0 Å². The predicted octanol–water partition coefficient (Wildman–Crippen LogP) is 10.6. The van der Waals surface area contributed by atoms with E-state index in [4.69, 9.17) is 0 Å². The number of hydrogen-bond donors (Lipinski definition) is 0. The summed E-state index contributed by atoms with van der Waals surface area (Å²) in [7, 11) is 0. The van der Waals surface area contributed by atoms with Crippen LogP contribution in [0.1, 0.15) is 45.9 Å². The van der Waals surface area contributed by atoms with Gasteiger partial charge in [-0.05, 0) is 104 Å². The standard InChI is InChI=1S/C41H20F6N4/c1-39-13-12-25(23-4-9-29(10-5-23)41(45,46)47)15-36(39)38(27(20-50)21-51)34-16-31-30-11-6-24(22-2-7-28(8-3-22)40(42,43)44)14-32(30)37(26(18-48)19-49)33(31)17-35(34)39/h2-17,36H,1H3. The molecule has 4 nitrogen and oxygen atoms in total. The van der Waals surface area contributed by atoms with Crippen molar-refractivity contribution < 1.29 is 26.3 Å². The van der Waals surface area contributed by atoms with Crippen molar-refractivity contribution in [1.82, 2.24) is 0 Å². The molecule has 0 saturated carbocycles. The van der Waals surface area contributed by atoms with Gasteiger partial charge in [-0.15, -0.1) is 0 Å². The van der Waals surface area contributed by atoms with Gasteiger partial charge in [0, 0.05) is 16.9 Å². The van der Waals surface area contributed by atoms with Gasteiger partial charge in [0.15, 0.2) is 0 Å². The third-order valence-electron chi connectivity index (χ3n) is 9.85. The second-order valence-electron chi connectivity index (χ2n) is 12.6. The quantitative estimate of drug-likeness (QED) is 0.137. The maximum Gasteiger partial charge on any atom is 0.416 e. The zero-order valence-corrected chi connectivity index (χ0v) is 26.4. The first-order chi connectivity index (χ1) is 24.2. The van der Waals surface area contributed by atoms with Gasteiger partial charge in [0.1, 0.15) is 35.4 Å². The topological polar surface area (TPSA) is 95.2 Å². The third kappa shape index (κ3) is 5.13. The molecule has 0 radical (unpaired) electrons. The first-order valence-corrected chi connectivity index (χ1v) is 15.4. The lowest BCUT2D eigenvalue weighted by Crippen LogP contribution is -2.26. The molecule has 2 atom stereocenters. The van der Waals surface area contributed by atoms with Crippen molar-refractivity contribution in [2.24, 2.45) is 5.92 Å². The zero-order chi connectivity index (χ0) is 36.5. The highest BCUT2D eigenvalue weighted by molar-refractivity contribution is 6.07. The average molecular weight is 683 g/mol. The van der Waals surface area contributed by atoms with E-state index < -0.39 is 34.8 Å². The van der Waals surface area contributed by atoms with E-state index in [1.54, 1.807) is 24.3 Å². The lowest BCUT2D eigenvalue weighted by atomic mass is 9.70. The van der Waals surface area contributed by atoms with Gasteiger partial charge in [-0.1, -0.05) is 61.5 Å². The molecule has 3 aliphatic carbocycles. The lowest BCUT2D eigenvalue weighted by Gasteiger charge is -2.32. The van der Waals surface area contributed by atoms with Crippen LogP contribution in [0.5, 0.6) is 0 Å². The van der Waals surface area contributed by atoms with Crippen molar-refractivity contribution in [3.8, 4) is 46.5 Å². The molecule has 0 amide bonds. The van der Waals surface area contributed by atoms with E-state index in [2.05, 4.69) is 0 Å². The molecule has 2 unspecified atom stereocenters. The Morgan fingerprint density at radius 2 is 1.12 bits per heavy atom. The summed E-state index contributed by atoms with van der Waals surface area (Å²) in [6, 6.07) is 26.3. The van der Waals surface area contributed by atoms with Crippen LogP contribution in [0.4, 0.5) is 26.3 Å². The molecule has 0 aromatic heterocycles. The Bertz CT molecular complexity index is 2450. The lowest BCUT2D eigenvalue weighted by molar-refractivity contribution is -0.138. The van der Waals surface area contributed by atoms with E-state index in [1.807, 2.05) is 55.5 Å². The molecule has 0 fully saturated rings. The number of alkyl halides is 6. The summed E-state index contributed by atoms with van der Waals surface area (Å²) < 4.78 is 79.4. The fraction of sp³-hybridized carbons (Fsp3) is 0.122. The highest BCUT2D eigenvalue weighted by atomic mass is 19.4. The van der Waals surface area contributed by atoms with Gasteiger partial charge >= 0.3 is 12.4 Å². The van der Waals surface area contributed by atoms with Crippen LogP contribution in [0.15, 0.2) is 108 Å². The van der Waals surface area contributed by atoms with Crippen LogP contribution >= 0.6 is 0 Å². The summed E-state index contributed by atoms with van der Waals surface area (Å²) in [4.78, 5) is 0. The Morgan fingerprint density at radius 3 is 1.67 bits per heavy atom. The van der Waals surface area contributed by atoms with Gasteiger partial charge in [-0.3, -0.25) is 0 Å². The second-order valence-corrected chi connectivity index (χ2v) is 12.6. The van der Waals surface area contributed by atoms with Crippen molar-refractivity contribution in [2.45, 2.75) is 24.7 Å². The Balaban J connectivity index is 1.41. The molecule has 0 bridgehead atoms. The van der Waals surface area contributed by atoms with Crippen LogP contribution in [0.25, 0.3) is 39.0 Å². The van der Waals surface area contributed by atoms with E-state index in [9.17, 15) is 47.4 Å². The van der Waals surface area contributed by atoms with E-state index in [-0.39, 0.29) is 11.1 Å². The van der Waals surface area contributed by atoms with E-state index in [0.29, 0.717) is 66.8 Å². The van der Waals surface area contributed by atoms with Gasteiger partial charge in [0.25, 0.3) is 0 Å². The minimum atomic E-state index is -4.50. The summed E-state index contributed by atoms with van der Waals surface area (Å²) in [6.45, 7) is 1.92. The van der Waals surface area contributed by atoms with Crippen LogP contribution < -0.4 is 0 Å². The van der Waals surface area contributed by atoms with Crippen LogP contribution in [0.3, 0.4) is 0 Å². The van der Waals surface area contributed by atoms with Crippen molar-refractivity contribution >= 4 is 16.7 Å². The number of fused-ring (bicyclic) bond motifs is 6. The van der Waals surface area contributed by atoms with Crippen molar-refractivity contribution in [1.29, 1.82) is 21.0 Å². The molecule has 3 aliphatic rings. The number of nitriles is 4. The molecule has 4 aromatic carbocycles. The number of benzene rings is 4. The molecular weight excluding hydrogens is 662 g/mol. The fourth-order valence-corrected chi connectivity index (χ4v) is 7.33. The fourth-order valence-electron chi connectivity index (χ4n) is 7.33. The Labute approximate surface area is 288 Å². The second kappa shape index (κ2) is 11.5. The first-order valence-electron chi connectivity index (χ1n) is 15.4. The SMILES string of the molecule is CC12C=CC(c3ccc(C(F)(F)F)cc3)=CC1C(=C(C#N)C#N)c1cc3c(cc12)C(=C(C#N)C#N)c1cc(-c2ccc(C(F)(F)F)cc2)ccc1-3. The summed E-state index contributed by atoms with van der Waals surface area (Å²) >= 11 is 0. The summed E-state index contributed by atoms with van der Waals surface area (Å²) in [5, 5.41) is 40.3. The van der Waals surface area contributed by atoms with Crippen LogP contribution in [0.2, 0.25) is 0 Å². The van der Waals surface area contributed by atoms with E-state index in [1.165, 1.54) is 24.3 Å². The summed E-state index contributed by atoms with van der Waals surface area (Å²) in [6.07, 6.45) is -3.49. The Morgan fingerprint density at radius 1 is 0.588 bits per heavy atom. The number of halogens is 6. The third-order valence-corrected chi connectivity index (χ3v) is 9.85. The Hall–Kier alpha value is -6.62. The van der Waals surface area contributed by atoms with Gasteiger partial charge in [-0.25, -0.2) is 0 Å². The van der Waals surface area contributed by atoms with Crippen LogP contribution in [0, 0.1) is 51.2 Å². The highest BCUT2D eigenvalue weighted by Gasteiger charge is 2.48. The van der Waals surface area contributed by atoms with Crippen molar-refractivity contribution in [3.05, 3.63) is 147 Å². The van der Waals surface area contributed by atoms with Gasteiger partial charge in [-0.2, -0.15) is 47.4 Å². The average Bonchev–Trinajstić information content (AvgIpc) is 3.56. The van der Waals surface area contributed by atoms with Gasteiger partial charge in [0.05, 0.1) is 11.1 Å². The molecule has 10 heteroatoms. The Kier molecular flexibility index (Phi) is 7.41. The zero-order valence-electron chi connectivity index (χ0n) is 26.4. The van der Waals surface area contributed by atoms with Gasteiger partial charge in [0.2, 0.25) is 0 Å².